The maximum Gasteiger partial charge on any atom is 0.189 e. The van der Waals surface area contributed by atoms with Gasteiger partial charge >= 0.3 is 0 Å². The molecule has 0 saturated heterocycles. The average molecular weight is 446 g/mol. The molecule has 162 valence electrons. The van der Waals surface area contributed by atoms with Crippen LogP contribution < -0.4 is 0 Å². The molecule has 5 aromatic carbocycles. The maximum atomic E-state index is 9.48. The lowest BCUT2D eigenvalue weighted by Crippen LogP contribution is -1.98. The van der Waals surface area contributed by atoms with E-state index >= 15 is 0 Å². The number of aromatic nitrogens is 1. The highest BCUT2D eigenvalue weighted by molar-refractivity contribution is 6.09. The van der Waals surface area contributed by atoms with E-state index in [2.05, 4.69) is 94.3 Å². The molecule has 0 amide bonds. The highest BCUT2D eigenvalue weighted by Gasteiger charge is 2.16. The maximum absolute atomic E-state index is 9.48. The molecule has 1 aromatic heterocycles. The van der Waals surface area contributed by atoms with Crippen molar-refractivity contribution in [2.45, 2.75) is 0 Å². The van der Waals surface area contributed by atoms with Crippen LogP contribution in [0.25, 0.3) is 54.6 Å². The minimum atomic E-state index is 0.465. The van der Waals surface area contributed by atoms with Gasteiger partial charge in [-0.15, -0.1) is 0 Å². The van der Waals surface area contributed by atoms with Gasteiger partial charge in [0, 0.05) is 21.9 Å². The first-order valence-corrected chi connectivity index (χ1v) is 11.4. The van der Waals surface area contributed by atoms with Gasteiger partial charge in [-0.3, -0.25) is 0 Å². The summed E-state index contributed by atoms with van der Waals surface area (Å²) in [6, 6.07) is 41.2. The second kappa shape index (κ2) is 8.34. The fourth-order valence-corrected chi connectivity index (χ4v) is 4.85. The normalized spacial score (nSPS) is 10.8. The molecule has 0 bridgehead atoms. The molecule has 0 saturated carbocycles. The van der Waals surface area contributed by atoms with Crippen molar-refractivity contribution in [1.29, 1.82) is 5.26 Å². The van der Waals surface area contributed by atoms with Crippen molar-refractivity contribution >= 4 is 27.5 Å². The molecule has 1 heterocycles. The lowest BCUT2D eigenvalue weighted by atomic mass is 9.96. The Kier molecular flexibility index (Phi) is 4.88. The van der Waals surface area contributed by atoms with Crippen LogP contribution in [0.2, 0.25) is 0 Å². The van der Waals surface area contributed by atoms with Crippen LogP contribution >= 0.6 is 0 Å². The molecule has 6 rings (SSSR count). The van der Waals surface area contributed by atoms with Crippen LogP contribution in [0.15, 0.2) is 115 Å². The van der Waals surface area contributed by atoms with Crippen LogP contribution in [-0.2, 0) is 0 Å². The zero-order chi connectivity index (χ0) is 23.8. The van der Waals surface area contributed by atoms with E-state index in [-0.39, 0.29) is 0 Å². The summed E-state index contributed by atoms with van der Waals surface area (Å²) >= 11 is 0. The van der Waals surface area contributed by atoms with Gasteiger partial charge in [0.05, 0.1) is 29.4 Å². The summed E-state index contributed by atoms with van der Waals surface area (Å²) < 4.78 is 2.33. The van der Waals surface area contributed by atoms with Crippen molar-refractivity contribution in [3.8, 4) is 34.0 Å². The standard InChI is InChI=1S/C32H19N3/c1-34-26-18-22(21-33)17-25(19-26)24-15-16-32(29(20-24)23-9-3-2-4-10-23)35-30-13-7-5-11-27(30)28-12-6-8-14-31(28)35/h2-20H. The van der Waals surface area contributed by atoms with Crippen LogP contribution in [-0.4, -0.2) is 4.57 Å². The average Bonchev–Trinajstić information content (AvgIpc) is 3.27. The smallest absolute Gasteiger partial charge is 0.189 e. The predicted molar refractivity (Wildman–Crippen MR) is 143 cm³/mol. The van der Waals surface area contributed by atoms with E-state index < -0.39 is 0 Å². The third kappa shape index (κ3) is 3.44. The van der Waals surface area contributed by atoms with E-state index in [9.17, 15) is 5.26 Å². The molecule has 3 nitrogen and oxygen atoms in total. The van der Waals surface area contributed by atoms with Gasteiger partial charge in [0.1, 0.15) is 0 Å². The molecule has 0 atom stereocenters. The predicted octanol–water partition coefficient (Wildman–Crippen LogP) is 8.54. The van der Waals surface area contributed by atoms with Gasteiger partial charge < -0.3 is 4.57 Å². The largest absolute Gasteiger partial charge is 0.309 e. The number of nitrogens with zero attached hydrogens (tertiary/aromatic N) is 3. The molecule has 3 heteroatoms. The summed E-state index contributed by atoms with van der Waals surface area (Å²) in [6.45, 7) is 7.45. The van der Waals surface area contributed by atoms with E-state index in [4.69, 9.17) is 6.57 Å². The summed E-state index contributed by atoms with van der Waals surface area (Å²) in [4.78, 5) is 3.57. The molecule has 35 heavy (non-hydrogen) atoms. The van der Waals surface area contributed by atoms with Gasteiger partial charge in [0.25, 0.3) is 0 Å². The zero-order valence-corrected chi connectivity index (χ0v) is 18.8. The summed E-state index contributed by atoms with van der Waals surface area (Å²) in [5.74, 6) is 0. The van der Waals surface area contributed by atoms with Gasteiger partial charge in [0.15, 0.2) is 5.69 Å². The number of nitriles is 1. The zero-order valence-electron chi connectivity index (χ0n) is 18.8. The molecule has 0 aliphatic heterocycles. The van der Waals surface area contributed by atoms with Crippen molar-refractivity contribution in [3.05, 3.63) is 132 Å². The topological polar surface area (TPSA) is 33.1 Å². The minimum absolute atomic E-state index is 0.465. The van der Waals surface area contributed by atoms with Gasteiger partial charge in [-0.25, -0.2) is 4.85 Å². The summed E-state index contributed by atoms with van der Waals surface area (Å²) in [5.41, 5.74) is 8.36. The molecule has 0 aliphatic rings. The first kappa shape index (κ1) is 20.5. The number of rotatable bonds is 3. The Labute approximate surface area is 203 Å². The summed E-state index contributed by atoms with van der Waals surface area (Å²) in [7, 11) is 0. The third-order valence-electron chi connectivity index (χ3n) is 6.41. The van der Waals surface area contributed by atoms with E-state index in [1.54, 1.807) is 6.07 Å². The second-order valence-electron chi connectivity index (χ2n) is 8.46. The lowest BCUT2D eigenvalue weighted by molar-refractivity contribution is 1.18. The Morgan fingerprint density at radius 2 is 1.29 bits per heavy atom. The number of benzene rings is 5. The van der Waals surface area contributed by atoms with Gasteiger partial charge in [-0.05, 0) is 59.2 Å². The van der Waals surface area contributed by atoms with Crippen LogP contribution in [0.4, 0.5) is 5.69 Å². The van der Waals surface area contributed by atoms with E-state index in [1.165, 1.54) is 10.8 Å². The molecule has 6 aromatic rings. The van der Waals surface area contributed by atoms with E-state index in [0.29, 0.717) is 11.3 Å². The highest BCUT2D eigenvalue weighted by atomic mass is 15.0. The quantitative estimate of drug-likeness (QED) is 0.251. The number of fused-ring (bicyclic) bond motifs is 3. The first-order chi connectivity index (χ1) is 17.3. The Bertz CT molecular complexity index is 1730. The fraction of sp³-hybridized carbons (Fsp3) is 0. The number of hydrogen-bond donors (Lipinski definition) is 0. The summed E-state index contributed by atoms with van der Waals surface area (Å²) in [6.07, 6.45) is 0. The first-order valence-electron chi connectivity index (χ1n) is 11.4. The van der Waals surface area contributed by atoms with Crippen LogP contribution in [0.1, 0.15) is 5.56 Å². The molecule has 0 aliphatic carbocycles. The van der Waals surface area contributed by atoms with Crippen LogP contribution in [0.3, 0.4) is 0 Å². The van der Waals surface area contributed by atoms with Crippen molar-refractivity contribution in [3.63, 3.8) is 0 Å². The Balaban J connectivity index is 1.67. The SMILES string of the molecule is [C-]#[N+]c1cc(C#N)cc(-c2ccc(-n3c4ccccc4c4ccccc43)c(-c3ccccc3)c2)c1. The fourth-order valence-electron chi connectivity index (χ4n) is 4.85. The molecule has 0 N–H and O–H groups in total. The summed E-state index contributed by atoms with van der Waals surface area (Å²) in [5, 5.41) is 11.9. The monoisotopic (exact) mass is 445 g/mol. The lowest BCUT2D eigenvalue weighted by Gasteiger charge is -2.16. The van der Waals surface area contributed by atoms with Crippen molar-refractivity contribution in [2.24, 2.45) is 0 Å². The van der Waals surface area contributed by atoms with Gasteiger partial charge in [0.2, 0.25) is 0 Å². The minimum Gasteiger partial charge on any atom is -0.309 e. The van der Waals surface area contributed by atoms with E-state index in [1.807, 2.05) is 30.3 Å². The third-order valence-corrected chi connectivity index (χ3v) is 6.41. The Hall–Kier alpha value is -5.12. The van der Waals surface area contributed by atoms with Gasteiger partial charge in [-0.1, -0.05) is 72.8 Å². The molecule has 0 radical (unpaired) electrons. The molecular formula is C32H19N3. The van der Waals surface area contributed by atoms with Gasteiger partial charge in [-0.2, -0.15) is 5.26 Å². The van der Waals surface area contributed by atoms with Crippen molar-refractivity contribution in [1.82, 2.24) is 4.57 Å². The number of hydrogen-bond acceptors (Lipinski definition) is 1. The van der Waals surface area contributed by atoms with Crippen LogP contribution in [0, 0.1) is 17.9 Å². The van der Waals surface area contributed by atoms with E-state index in [0.717, 1.165) is 39.0 Å². The van der Waals surface area contributed by atoms with Crippen molar-refractivity contribution < 1.29 is 0 Å². The molecular weight excluding hydrogens is 426 g/mol. The molecule has 0 spiro atoms. The Morgan fingerprint density at radius 1 is 0.629 bits per heavy atom. The highest BCUT2D eigenvalue weighted by Crippen LogP contribution is 2.38. The molecule has 0 fully saturated rings. The van der Waals surface area contributed by atoms with Crippen molar-refractivity contribution in [2.75, 3.05) is 0 Å². The number of para-hydroxylation sites is 2. The van der Waals surface area contributed by atoms with Crippen LogP contribution in [0.5, 0.6) is 0 Å². The molecule has 0 unspecified atom stereocenters. The second-order valence-corrected chi connectivity index (χ2v) is 8.46. The Morgan fingerprint density at radius 3 is 1.94 bits per heavy atom.